The predicted octanol–water partition coefficient (Wildman–Crippen LogP) is 4.24. The average Bonchev–Trinajstić information content (AvgIpc) is 2.56. The molecule has 0 unspecified atom stereocenters. The second-order valence-corrected chi connectivity index (χ2v) is 11.3. The molecular formula is C19H22N2O2Si. The smallest absolute Gasteiger partial charge is 0.250 e. The zero-order chi connectivity index (χ0) is 17.7. The van der Waals surface area contributed by atoms with Gasteiger partial charge in [-0.15, -0.1) is 0 Å². The molecule has 2 aromatic carbocycles. The van der Waals surface area contributed by atoms with Crippen LogP contribution in [0.3, 0.4) is 0 Å². The summed E-state index contributed by atoms with van der Waals surface area (Å²) in [6.45, 7) is 6.34. The molecule has 0 radical (unpaired) electrons. The Morgan fingerprint density at radius 2 is 1.83 bits per heavy atom. The fourth-order valence-electron chi connectivity index (χ4n) is 2.60. The third-order valence-electron chi connectivity index (χ3n) is 3.70. The summed E-state index contributed by atoms with van der Waals surface area (Å²) in [5.41, 5.74) is 2.25. The molecular weight excluding hydrogens is 316 g/mol. The van der Waals surface area contributed by atoms with Crippen LogP contribution < -0.4 is 9.30 Å². The third-order valence-corrected chi connectivity index (χ3v) is 5.48. The van der Waals surface area contributed by atoms with Gasteiger partial charge in [0.2, 0.25) is 5.91 Å². The number of carbonyl (C=O) groups is 1. The highest BCUT2D eigenvalue weighted by molar-refractivity contribution is 6.83. The van der Waals surface area contributed by atoms with Crippen LogP contribution in [0.5, 0.6) is 5.75 Å². The zero-order valence-corrected chi connectivity index (χ0v) is 15.5. The molecule has 0 aromatic heterocycles. The van der Waals surface area contributed by atoms with Gasteiger partial charge in [0, 0.05) is 17.3 Å². The van der Waals surface area contributed by atoms with Crippen molar-refractivity contribution in [2.75, 3.05) is 11.7 Å². The maximum atomic E-state index is 13.2. The first-order valence-electron chi connectivity index (χ1n) is 7.82. The van der Waals surface area contributed by atoms with E-state index in [0.29, 0.717) is 11.3 Å². The van der Waals surface area contributed by atoms with E-state index in [1.54, 1.807) is 7.11 Å². The Morgan fingerprint density at radius 3 is 2.38 bits per heavy atom. The number of amides is 1. The third kappa shape index (κ3) is 3.84. The number of nitrogens with zero attached hydrogens (tertiary/aromatic N) is 2. The summed E-state index contributed by atoms with van der Waals surface area (Å²) in [6, 6.07) is 17.0. The maximum absolute atomic E-state index is 13.2. The number of anilines is 1. The Balaban J connectivity index is 2.61. The van der Waals surface area contributed by atoms with Crippen LogP contribution in [0.15, 0.2) is 48.5 Å². The summed E-state index contributed by atoms with van der Waals surface area (Å²) >= 11 is 0. The van der Waals surface area contributed by atoms with Crippen molar-refractivity contribution in [2.45, 2.75) is 26.1 Å². The van der Waals surface area contributed by atoms with E-state index in [1.807, 2.05) is 53.1 Å². The second-order valence-electron chi connectivity index (χ2n) is 6.51. The van der Waals surface area contributed by atoms with Crippen molar-refractivity contribution in [3.05, 3.63) is 59.7 Å². The first kappa shape index (κ1) is 17.8. The molecule has 0 N–H and O–H groups in total. The number of ether oxygens (including phenoxy) is 1. The number of hydrogen-bond donors (Lipinski definition) is 0. The first-order valence-corrected chi connectivity index (χ1v) is 11.3. The standard InChI is InChI=1S/C19H22N2O2Si/c1-23-17-11-10-15(12-13-20)18(14-17)21(24(2,3)4)19(22)16-8-6-5-7-9-16/h5-11,14H,12H2,1-4H3. The molecule has 0 atom stereocenters. The number of benzene rings is 2. The lowest BCUT2D eigenvalue weighted by Crippen LogP contribution is -2.50. The fourth-order valence-corrected chi connectivity index (χ4v) is 4.27. The van der Waals surface area contributed by atoms with E-state index in [9.17, 15) is 4.79 Å². The second kappa shape index (κ2) is 7.32. The highest BCUT2D eigenvalue weighted by Gasteiger charge is 2.32. The van der Waals surface area contributed by atoms with Crippen LogP contribution >= 0.6 is 0 Å². The minimum Gasteiger partial charge on any atom is -0.497 e. The van der Waals surface area contributed by atoms with Crippen LogP contribution in [-0.2, 0) is 6.42 Å². The van der Waals surface area contributed by atoms with Crippen molar-refractivity contribution < 1.29 is 9.53 Å². The van der Waals surface area contributed by atoms with Crippen molar-refractivity contribution in [1.29, 1.82) is 5.26 Å². The lowest BCUT2D eigenvalue weighted by atomic mass is 10.1. The molecule has 0 saturated heterocycles. The molecule has 2 rings (SSSR count). The van der Waals surface area contributed by atoms with Crippen LogP contribution in [0.25, 0.3) is 0 Å². The summed E-state index contributed by atoms with van der Waals surface area (Å²) in [5, 5.41) is 9.14. The molecule has 0 saturated carbocycles. The molecule has 0 aliphatic carbocycles. The Bertz CT molecular complexity index is 761. The van der Waals surface area contributed by atoms with Gasteiger partial charge >= 0.3 is 0 Å². The van der Waals surface area contributed by atoms with Gasteiger partial charge in [-0.05, 0) is 23.8 Å². The Hall–Kier alpha value is -2.58. The fraction of sp³-hybridized carbons (Fsp3) is 0.263. The zero-order valence-electron chi connectivity index (χ0n) is 14.5. The van der Waals surface area contributed by atoms with Gasteiger partial charge in [-0.3, -0.25) is 4.79 Å². The van der Waals surface area contributed by atoms with Gasteiger partial charge < -0.3 is 9.30 Å². The minimum atomic E-state index is -2.05. The molecule has 0 fully saturated rings. The van der Waals surface area contributed by atoms with Gasteiger partial charge in [0.25, 0.3) is 0 Å². The van der Waals surface area contributed by atoms with Gasteiger partial charge in [-0.2, -0.15) is 5.26 Å². The van der Waals surface area contributed by atoms with E-state index in [2.05, 4.69) is 25.7 Å². The molecule has 24 heavy (non-hydrogen) atoms. The van der Waals surface area contributed by atoms with E-state index < -0.39 is 8.24 Å². The Morgan fingerprint density at radius 1 is 1.17 bits per heavy atom. The van der Waals surface area contributed by atoms with Gasteiger partial charge in [0.1, 0.15) is 5.75 Å². The topological polar surface area (TPSA) is 53.3 Å². The highest BCUT2D eigenvalue weighted by Crippen LogP contribution is 2.31. The predicted molar refractivity (Wildman–Crippen MR) is 98.9 cm³/mol. The SMILES string of the molecule is COc1ccc(CC#N)c(N(C(=O)c2ccccc2)[Si](C)(C)C)c1. The molecule has 124 valence electrons. The molecule has 2 aromatic rings. The monoisotopic (exact) mass is 338 g/mol. The largest absolute Gasteiger partial charge is 0.497 e. The summed E-state index contributed by atoms with van der Waals surface area (Å²) < 4.78 is 7.20. The molecule has 4 nitrogen and oxygen atoms in total. The van der Waals surface area contributed by atoms with Gasteiger partial charge in [-0.1, -0.05) is 43.9 Å². The first-order chi connectivity index (χ1) is 11.4. The van der Waals surface area contributed by atoms with Crippen molar-refractivity contribution in [2.24, 2.45) is 0 Å². The van der Waals surface area contributed by atoms with Gasteiger partial charge in [-0.25, -0.2) is 0 Å². The van der Waals surface area contributed by atoms with Crippen molar-refractivity contribution in [1.82, 2.24) is 0 Å². The summed E-state index contributed by atoms with van der Waals surface area (Å²) in [7, 11) is -0.452. The number of hydrogen-bond acceptors (Lipinski definition) is 3. The number of nitriles is 1. The lowest BCUT2D eigenvalue weighted by Gasteiger charge is -2.36. The lowest BCUT2D eigenvalue weighted by molar-refractivity contribution is 0.100. The number of carbonyl (C=O) groups excluding carboxylic acids is 1. The normalized spacial score (nSPS) is 10.8. The summed E-state index contributed by atoms with van der Waals surface area (Å²) in [4.78, 5) is 13.2. The van der Waals surface area contributed by atoms with Crippen LogP contribution in [0, 0.1) is 11.3 Å². The quantitative estimate of drug-likeness (QED) is 0.766. The molecule has 1 amide bonds. The summed E-state index contributed by atoms with van der Waals surface area (Å²) in [6.07, 6.45) is 0.252. The van der Waals surface area contributed by atoms with E-state index in [1.165, 1.54) is 0 Å². The van der Waals surface area contributed by atoms with Crippen molar-refractivity contribution >= 4 is 19.8 Å². The number of rotatable bonds is 5. The number of methoxy groups -OCH3 is 1. The van der Waals surface area contributed by atoms with E-state index in [4.69, 9.17) is 10.00 Å². The molecule has 5 heteroatoms. The Kier molecular flexibility index (Phi) is 5.42. The van der Waals surface area contributed by atoms with E-state index in [-0.39, 0.29) is 12.3 Å². The molecule has 0 heterocycles. The van der Waals surface area contributed by atoms with Crippen LogP contribution in [-0.4, -0.2) is 21.3 Å². The van der Waals surface area contributed by atoms with Crippen LogP contribution in [0.4, 0.5) is 5.69 Å². The molecule has 0 spiro atoms. The van der Waals surface area contributed by atoms with E-state index in [0.717, 1.165) is 11.3 Å². The highest BCUT2D eigenvalue weighted by atomic mass is 28.3. The van der Waals surface area contributed by atoms with Crippen LogP contribution in [0.2, 0.25) is 19.6 Å². The van der Waals surface area contributed by atoms with E-state index >= 15 is 0 Å². The molecule has 0 bridgehead atoms. The molecule has 0 aliphatic heterocycles. The van der Waals surface area contributed by atoms with Crippen molar-refractivity contribution in [3.8, 4) is 11.8 Å². The average molecular weight is 338 g/mol. The van der Waals surface area contributed by atoms with Crippen molar-refractivity contribution in [3.63, 3.8) is 0 Å². The van der Waals surface area contributed by atoms with Gasteiger partial charge in [0.15, 0.2) is 8.24 Å². The Labute approximate surface area is 144 Å². The molecule has 0 aliphatic rings. The summed E-state index contributed by atoms with van der Waals surface area (Å²) in [5.74, 6) is 0.637. The van der Waals surface area contributed by atoms with Gasteiger partial charge in [0.05, 0.1) is 19.6 Å². The maximum Gasteiger partial charge on any atom is 0.250 e. The minimum absolute atomic E-state index is 0.0396. The van der Waals surface area contributed by atoms with Crippen LogP contribution in [0.1, 0.15) is 15.9 Å².